The van der Waals surface area contributed by atoms with Crippen LogP contribution >= 0.6 is 11.6 Å². The van der Waals surface area contributed by atoms with Crippen LogP contribution in [0.4, 0.5) is 4.39 Å². The summed E-state index contributed by atoms with van der Waals surface area (Å²) in [5.41, 5.74) is 0. The Morgan fingerprint density at radius 3 is 2.88 bits per heavy atom. The molecule has 84 valence electrons. The first kappa shape index (κ1) is 9.97. The van der Waals surface area contributed by atoms with Crippen LogP contribution in [-0.2, 0) is 6.54 Å². The zero-order chi connectivity index (χ0) is 11.3. The van der Waals surface area contributed by atoms with Crippen LogP contribution in [0.25, 0.3) is 10.8 Å². The van der Waals surface area contributed by atoms with Crippen molar-refractivity contribution in [1.29, 1.82) is 0 Å². The highest BCUT2D eigenvalue weighted by Gasteiger charge is 2.23. The molecule has 1 aromatic heterocycles. The molecule has 1 heterocycles. The van der Waals surface area contributed by atoms with Gasteiger partial charge in [-0.05, 0) is 30.9 Å². The molecule has 1 saturated carbocycles. The van der Waals surface area contributed by atoms with Gasteiger partial charge >= 0.3 is 0 Å². The van der Waals surface area contributed by atoms with Gasteiger partial charge in [-0.3, -0.25) is 0 Å². The van der Waals surface area contributed by atoms with Gasteiger partial charge < -0.3 is 9.67 Å². The molecular formula is C12H11ClFNO. The van der Waals surface area contributed by atoms with E-state index in [-0.39, 0.29) is 16.7 Å². The quantitative estimate of drug-likeness (QED) is 0.852. The number of hydrogen-bond acceptors (Lipinski definition) is 1. The zero-order valence-corrected chi connectivity index (χ0v) is 9.34. The number of fused-ring (bicyclic) bond motifs is 1. The first-order chi connectivity index (χ1) is 7.65. The highest BCUT2D eigenvalue weighted by Crippen LogP contribution is 2.37. The van der Waals surface area contributed by atoms with Crippen molar-refractivity contribution in [2.75, 3.05) is 0 Å². The zero-order valence-electron chi connectivity index (χ0n) is 8.58. The Bertz CT molecular complexity index is 560. The highest BCUT2D eigenvalue weighted by molar-refractivity contribution is 6.36. The Kier molecular flexibility index (Phi) is 2.11. The summed E-state index contributed by atoms with van der Waals surface area (Å²) in [6, 6.07) is 2.62. The summed E-state index contributed by atoms with van der Waals surface area (Å²) in [6.07, 6.45) is 4.17. The van der Waals surface area contributed by atoms with Crippen molar-refractivity contribution in [3.05, 3.63) is 29.2 Å². The molecule has 1 aliphatic rings. The summed E-state index contributed by atoms with van der Waals surface area (Å²) in [6.45, 7) is 0.790. The molecule has 2 nitrogen and oxygen atoms in total. The van der Waals surface area contributed by atoms with E-state index in [1.165, 1.54) is 25.0 Å². The minimum Gasteiger partial charge on any atom is -0.494 e. The Labute approximate surface area is 97.2 Å². The minimum atomic E-state index is -0.374. The molecule has 0 spiro atoms. The lowest BCUT2D eigenvalue weighted by Gasteiger charge is -2.02. The fraction of sp³-hybridized carbons (Fsp3) is 0.333. The van der Waals surface area contributed by atoms with Crippen LogP contribution in [0.1, 0.15) is 12.8 Å². The third-order valence-electron chi connectivity index (χ3n) is 3.03. The summed E-state index contributed by atoms with van der Waals surface area (Å²) >= 11 is 5.92. The Hall–Kier alpha value is -1.22. The van der Waals surface area contributed by atoms with Gasteiger partial charge in [0.15, 0.2) is 0 Å². The van der Waals surface area contributed by atoms with Gasteiger partial charge in [0.05, 0.1) is 10.4 Å². The summed E-state index contributed by atoms with van der Waals surface area (Å²) in [5, 5.41) is 11.5. The van der Waals surface area contributed by atoms with E-state index in [1.54, 1.807) is 10.8 Å². The summed E-state index contributed by atoms with van der Waals surface area (Å²) < 4.78 is 14.9. The van der Waals surface area contributed by atoms with Crippen LogP contribution in [0.5, 0.6) is 5.88 Å². The summed E-state index contributed by atoms with van der Waals surface area (Å²) in [7, 11) is 0. The average Bonchev–Trinajstić information content (AvgIpc) is 2.93. The van der Waals surface area contributed by atoms with Gasteiger partial charge in [-0.25, -0.2) is 4.39 Å². The first-order valence-corrected chi connectivity index (χ1v) is 5.70. The van der Waals surface area contributed by atoms with Gasteiger partial charge in [-0.1, -0.05) is 11.6 Å². The maximum absolute atomic E-state index is 13.1. The molecule has 0 radical (unpaired) electrons. The minimum absolute atomic E-state index is 0.145. The largest absolute Gasteiger partial charge is 0.494 e. The Morgan fingerprint density at radius 1 is 1.44 bits per heavy atom. The predicted molar refractivity (Wildman–Crippen MR) is 61.3 cm³/mol. The Balaban J connectivity index is 2.16. The molecule has 4 heteroatoms. The molecule has 0 atom stereocenters. The molecule has 1 aliphatic carbocycles. The van der Waals surface area contributed by atoms with Gasteiger partial charge in [0.25, 0.3) is 0 Å². The second kappa shape index (κ2) is 3.39. The van der Waals surface area contributed by atoms with Crippen molar-refractivity contribution in [1.82, 2.24) is 4.57 Å². The van der Waals surface area contributed by atoms with Crippen molar-refractivity contribution < 1.29 is 9.50 Å². The highest BCUT2D eigenvalue weighted by atomic mass is 35.5. The maximum Gasteiger partial charge on any atom is 0.200 e. The lowest BCUT2D eigenvalue weighted by molar-refractivity contribution is 0.415. The molecule has 0 aliphatic heterocycles. The molecule has 3 rings (SSSR count). The van der Waals surface area contributed by atoms with E-state index in [0.29, 0.717) is 16.7 Å². The number of rotatable bonds is 2. The van der Waals surface area contributed by atoms with Crippen LogP contribution in [0, 0.1) is 11.7 Å². The molecular weight excluding hydrogens is 229 g/mol. The van der Waals surface area contributed by atoms with E-state index >= 15 is 0 Å². The second-order valence-electron chi connectivity index (χ2n) is 4.40. The van der Waals surface area contributed by atoms with Crippen LogP contribution in [0.3, 0.4) is 0 Å². The van der Waals surface area contributed by atoms with Crippen molar-refractivity contribution in [2.45, 2.75) is 19.4 Å². The number of aromatic hydroxyl groups is 1. The van der Waals surface area contributed by atoms with Crippen LogP contribution in [-0.4, -0.2) is 9.67 Å². The third kappa shape index (κ3) is 1.55. The first-order valence-electron chi connectivity index (χ1n) is 5.32. The molecule has 2 aromatic rings. The normalized spacial score (nSPS) is 15.9. The fourth-order valence-electron chi connectivity index (χ4n) is 2.02. The molecule has 1 fully saturated rings. The van der Waals surface area contributed by atoms with E-state index in [2.05, 4.69) is 0 Å². The van der Waals surface area contributed by atoms with Crippen molar-refractivity contribution in [2.24, 2.45) is 5.92 Å². The molecule has 1 aromatic carbocycles. The SMILES string of the molecule is Oc1c2c(Cl)cc(F)cc2cn1CC1CC1. The smallest absolute Gasteiger partial charge is 0.200 e. The monoisotopic (exact) mass is 239 g/mol. The van der Waals surface area contributed by atoms with Crippen LogP contribution in [0.2, 0.25) is 5.02 Å². The number of benzene rings is 1. The number of hydrogen-bond donors (Lipinski definition) is 1. The summed E-state index contributed by atoms with van der Waals surface area (Å²) in [4.78, 5) is 0. The average molecular weight is 240 g/mol. The number of aromatic nitrogens is 1. The van der Waals surface area contributed by atoms with Gasteiger partial charge in [-0.15, -0.1) is 0 Å². The van der Waals surface area contributed by atoms with Gasteiger partial charge in [0, 0.05) is 18.1 Å². The summed E-state index contributed by atoms with van der Waals surface area (Å²) in [5.74, 6) is 0.421. The van der Waals surface area contributed by atoms with Crippen LogP contribution in [0.15, 0.2) is 18.3 Å². The van der Waals surface area contributed by atoms with Crippen molar-refractivity contribution in [3.63, 3.8) is 0 Å². The van der Waals surface area contributed by atoms with E-state index < -0.39 is 0 Å². The maximum atomic E-state index is 13.1. The third-order valence-corrected chi connectivity index (χ3v) is 3.33. The lowest BCUT2D eigenvalue weighted by atomic mass is 10.2. The second-order valence-corrected chi connectivity index (χ2v) is 4.81. The fourth-order valence-corrected chi connectivity index (χ4v) is 2.32. The number of halogens is 2. The van der Waals surface area contributed by atoms with E-state index in [9.17, 15) is 9.50 Å². The van der Waals surface area contributed by atoms with Gasteiger partial charge in [0.1, 0.15) is 5.82 Å². The van der Waals surface area contributed by atoms with E-state index in [4.69, 9.17) is 11.6 Å². The topological polar surface area (TPSA) is 25.2 Å². The van der Waals surface area contributed by atoms with Crippen molar-refractivity contribution >= 4 is 22.4 Å². The predicted octanol–water partition coefficient (Wildman–Crippen LogP) is 3.55. The van der Waals surface area contributed by atoms with Gasteiger partial charge in [-0.2, -0.15) is 0 Å². The number of nitrogens with zero attached hydrogens (tertiary/aromatic N) is 1. The molecule has 0 unspecified atom stereocenters. The molecule has 1 N–H and O–H groups in total. The molecule has 0 saturated heterocycles. The lowest BCUT2D eigenvalue weighted by Crippen LogP contribution is -1.96. The molecule has 16 heavy (non-hydrogen) atoms. The van der Waals surface area contributed by atoms with Gasteiger partial charge in [0.2, 0.25) is 5.88 Å². The van der Waals surface area contributed by atoms with Crippen LogP contribution < -0.4 is 0 Å². The molecule has 0 amide bonds. The standard InChI is InChI=1S/C12H11ClFNO/c13-10-4-9(14)3-8-6-15(5-7-1-2-7)12(16)11(8)10/h3-4,6-7,16H,1-2,5H2. The Morgan fingerprint density at radius 2 is 2.19 bits per heavy atom. The van der Waals surface area contributed by atoms with E-state index in [0.717, 1.165) is 6.54 Å². The molecule has 0 bridgehead atoms. The van der Waals surface area contributed by atoms with E-state index in [1.807, 2.05) is 0 Å². The van der Waals surface area contributed by atoms with Crippen molar-refractivity contribution in [3.8, 4) is 5.88 Å².